The van der Waals surface area contributed by atoms with Crippen molar-refractivity contribution in [3.05, 3.63) is 40.5 Å². The zero-order valence-corrected chi connectivity index (χ0v) is 10.9. The van der Waals surface area contributed by atoms with Crippen molar-refractivity contribution in [1.82, 2.24) is 0 Å². The highest BCUT2D eigenvalue weighted by Gasteiger charge is 1.99. The number of allylic oxidation sites excluding steroid dienone is 1. The van der Waals surface area contributed by atoms with E-state index in [2.05, 4.69) is 64.7 Å². The van der Waals surface area contributed by atoms with Gasteiger partial charge in [-0.15, -0.1) is 0 Å². The van der Waals surface area contributed by atoms with E-state index in [0.29, 0.717) is 5.92 Å². The second kappa shape index (κ2) is 5.56. The third kappa shape index (κ3) is 3.59. The minimum Gasteiger partial charge on any atom is -0.0957 e. The molecule has 0 aliphatic carbocycles. The fourth-order valence-corrected chi connectivity index (χ4v) is 1.79. The molecule has 0 bridgehead atoms. The third-order valence-electron chi connectivity index (χ3n) is 2.44. The Morgan fingerprint density at radius 2 is 1.62 bits per heavy atom. The van der Waals surface area contributed by atoms with Gasteiger partial charge in [-0.1, -0.05) is 43.4 Å². The highest BCUT2D eigenvalue weighted by atomic mass is 14.0. The first-order valence-corrected chi connectivity index (χ1v) is 5.76. The second-order valence-electron chi connectivity index (χ2n) is 4.59. The van der Waals surface area contributed by atoms with E-state index in [1.807, 2.05) is 6.08 Å². The van der Waals surface area contributed by atoms with Crippen molar-refractivity contribution in [1.29, 1.82) is 0 Å². The molecule has 0 N–H and O–H groups in total. The summed E-state index contributed by atoms with van der Waals surface area (Å²) >= 11 is 0. The SMILES string of the molecule is Cc1cc(C)c(/C=C/C#CC(C)C)c(C)c1. The first kappa shape index (κ1) is 12.6. The predicted octanol–water partition coefficient (Wildman–Crippen LogP) is 4.28. The van der Waals surface area contributed by atoms with E-state index in [4.69, 9.17) is 0 Å². The van der Waals surface area contributed by atoms with Crippen LogP contribution < -0.4 is 0 Å². The van der Waals surface area contributed by atoms with Gasteiger partial charge in [-0.25, -0.2) is 0 Å². The van der Waals surface area contributed by atoms with Crippen LogP contribution in [0.2, 0.25) is 0 Å². The highest BCUT2D eigenvalue weighted by Crippen LogP contribution is 2.17. The van der Waals surface area contributed by atoms with Crippen LogP contribution >= 0.6 is 0 Å². The quantitative estimate of drug-likeness (QED) is 0.609. The second-order valence-corrected chi connectivity index (χ2v) is 4.59. The van der Waals surface area contributed by atoms with E-state index in [1.54, 1.807) is 0 Å². The van der Waals surface area contributed by atoms with Crippen LogP contribution in [0.4, 0.5) is 0 Å². The molecule has 0 aliphatic rings. The molecule has 16 heavy (non-hydrogen) atoms. The van der Waals surface area contributed by atoms with Gasteiger partial charge in [0.15, 0.2) is 0 Å². The first-order valence-electron chi connectivity index (χ1n) is 5.76. The minimum atomic E-state index is 0.435. The Labute approximate surface area is 99.4 Å². The van der Waals surface area contributed by atoms with Crippen LogP contribution in [0.5, 0.6) is 0 Å². The molecule has 0 atom stereocenters. The average Bonchev–Trinajstić information content (AvgIpc) is 2.14. The zero-order valence-electron chi connectivity index (χ0n) is 10.9. The molecule has 0 nitrogen and oxygen atoms in total. The van der Waals surface area contributed by atoms with Crippen molar-refractivity contribution < 1.29 is 0 Å². The Hall–Kier alpha value is -1.48. The van der Waals surface area contributed by atoms with E-state index < -0.39 is 0 Å². The topological polar surface area (TPSA) is 0 Å². The zero-order chi connectivity index (χ0) is 12.1. The molecule has 0 saturated heterocycles. The van der Waals surface area contributed by atoms with E-state index in [9.17, 15) is 0 Å². The fraction of sp³-hybridized carbons (Fsp3) is 0.375. The number of aryl methyl sites for hydroxylation is 3. The standard InChI is InChI=1S/C16H20/c1-12(2)8-6-7-9-16-14(4)10-13(3)11-15(16)5/h7,9-12H,1-5H3/b9-7+. The molecule has 84 valence electrons. The third-order valence-corrected chi connectivity index (χ3v) is 2.44. The molecule has 0 heterocycles. The van der Waals surface area contributed by atoms with E-state index in [1.165, 1.54) is 22.3 Å². The van der Waals surface area contributed by atoms with Crippen molar-refractivity contribution in [2.24, 2.45) is 5.92 Å². The monoisotopic (exact) mass is 212 g/mol. The summed E-state index contributed by atoms with van der Waals surface area (Å²) in [4.78, 5) is 0. The molecule has 1 aromatic rings. The predicted molar refractivity (Wildman–Crippen MR) is 72.3 cm³/mol. The van der Waals surface area contributed by atoms with Crippen molar-refractivity contribution in [2.75, 3.05) is 0 Å². The number of hydrogen-bond acceptors (Lipinski definition) is 0. The lowest BCUT2D eigenvalue weighted by Crippen LogP contribution is -1.88. The fourth-order valence-electron chi connectivity index (χ4n) is 1.79. The van der Waals surface area contributed by atoms with Crippen LogP contribution in [0, 0.1) is 38.5 Å². The van der Waals surface area contributed by atoms with Crippen molar-refractivity contribution in [3.8, 4) is 11.8 Å². The van der Waals surface area contributed by atoms with Gasteiger partial charge in [0.25, 0.3) is 0 Å². The molecule has 0 fully saturated rings. The molecule has 0 saturated carbocycles. The summed E-state index contributed by atoms with van der Waals surface area (Å²) in [6.07, 6.45) is 4.06. The molecular weight excluding hydrogens is 192 g/mol. The Morgan fingerprint density at radius 3 is 2.12 bits per heavy atom. The molecule has 0 aromatic heterocycles. The maximum Gasteiger partial charge on any atom is 0.0149 e. The summed E-state index contributed by atoms with van der Waals surface area (Å²) in [5, 5.41) is 0. The Bertz CT molecular complexity index is 428. The summed E-state index contributed by atoms with van der Waals surface area (Å²) in [6.45, 7) is 10.6. The van der Waals surface area contributed by atoms with Gasteiger partial charge in [0.1, 0.15) is 0 Å². The molecule has 0 spiro atoms. The van der Waals surface area contributed by atoms with Gasteiger partial charge in [-0.2, -0.15) is 0 Å². The number of benzene rings is 1. The van der Waals surface area contributed by atoms with Crippen molar-refractivity contribution in [2.45, 2.75) is 34.6 Å². The van der Waals surface area contributed by atoms with Gasteiger partial charge in [0, 0.05) is 5.92 Å². The minimum absolute atomic E-state index is 0.435. The molecule has 0 radical (unpaired) electrons. The lowest BCUT2D eigenvalue weighted by atomic mass is 9.99. The Kier molecular flexibility index (Phi) is 4.38. The normalized spacial score (nSPS) is 10.6. The molecule has 0 amide bonds. The number of hydrogen-bond donors (Lipinski definition) is 0. The molecule has 1 rings (SSSR count). The van der Waals surface area contributed by atoms with E-state index in [-0.39, 0.29) is 0 Å². The first-order chi connectivity index (χ1) is 7.50. The number of rotatable bonds is 1. The summed E-state index contributed by atoms with van der Waals surface area (Å²) in [7, 11) is 0. The van der Waals surface area contributed by atoms with Crippen LogP contribution in [-0.2, 0) is 0 Å². The van der Waals surface area contributed by atoms with Gasteiger partial charge in [0.05, 0.1) is 0 Å². The molecule has 0 unspecified atom stereocenters. The summed E-state index contributed by atoms with van der Waals surface area (Å²) in [6, 6.07) is 4.42. The van der Waals surface area contributed by atoms with Crippen LogP contribution in [-0.4, -0.2) is 0 Å². The van der Waals surface area contributed by atoms with Crippen molar-refractivity contribution >= 4 is 6.08 Å². The van der Waals surface area contributed by atoms with Crippen LogP contribution in [0.3, 0.4) is 0 Å². The Balaban J connectivity index is 2.95. The van der Waals surface area contributed by atoms with Crippen molar-refractivity contribution in [3.63, 3.8) is 0 Å². The molecule has 1 aromatic carbocycles. The van der Waals surface area contributed by atoms with Crippen LogP contribution in [0.15, 0.2) is 18.2 Å². The van der Waals surface area contributed by atoms with Gasteiger partial charge in [-0.3, -0.25) is 0 Å². The van der Waals surface area contributed by atoms with Crippen LogP contribution in [0.1, 0.15) is 36.1 Å². The lowest BCUT2D eigenvalue weighted by Gasteiger charge is -2.06. The van der Waals surface area contributed by atoms with Gasteiger partial charge in [0.2, 0.25) is 0 Å². The maximum atomic E-state index is 3.13. The summed E-state index contributed by atoms with van der Waals surface area (Å²) in [5.74, 6) is 6.64. The van der Waals surface area contributed by atoms with Crippen LogP contribution in [0.25, 0.3) is 6.08 Å². The maximum absolute atomic E-state index is 3.13. The van der Waals surface area contributed by atoms with Gasteiger partial charge >= 0.3 is 0 Å². The van der Waals surface area contributed by atoms with E-state index in [0.717, 1.165) is 0 Å². The summed E-state index contributed by atoms with van der Waals surface area (Å²) in [5.41, 5.74) is 5.25. The molecule has 0 heteroatoms. The highest BCUT2D eigenvalue weighted by molar-refractivity contribution is 5.60. The largest absolute Gasteiger partial charge is 0.0957 e. The average molecular weight is 212 g/mol. The van der Waals surface area contributed by atoms with E-state index >= 15 is 0 Å². The smallest absolute Gasteiger partial charge is 0.0149 e. The molecule has 0 aliphatic heterocycles. The van der Waals surface area contributed by atoms with Gasteiger partial charge in [-0.05, 0) is 49.6 Å². The Morgan fingerprint density at radius 1 is 1.06 bits per heavy atom. The lowest BCUT2D eigenvalue weighted by molar-refractivity contribution is 0.867. The van der Waals surface area contributed by atoms with Gasteiger partial charge < -0.3 is 0 Å². The molecular formula is C16H20. The summed E-state index contributed by atoms with van der Waals surface area (Å²) < 4.78 is 0.